The molecular weight excluding hydrogens is 230 g/mol. The van der Waals surface area contributed by atoms with Gasteiger partial charge in [-0.2, -0.15) is 0 Å². The van der Waals surface area contributed by atoms with Gasteiger partial charge in [-0.1, -0.05) is 12.1 Å². The van der Waals surface area contributed by atoms with Gasteiger partial charge in [-0.25, -0.2) is 4.98 Å². The van der Waals surface area contributed by atoms with Crippen molar-refractivity contribution in [2.45, 2.75) is 13.5 Å². The smallest absolute Gasteiger partial charge is 0.238 e. The van der Waals surface area contributed by atoms with Crippen molar-refractivity contribution in [2.75, 3.05) is 6.61 Å². The van der Waals surface area contributed by atoms with Gasteiger partial charge in [0.2, 0.25) is 5.88 Å². The summed E-state index contributed by atoms with van der Waals surface area (Å²) in [6, 6.07) is 7.44. The summed E-state index contributed by atoms with van der Waals surface area (Å²) in [4.78, 5) is 8.24. The summed E-state index contributed by atoms with van der Waals surface area (Å²) < 4.78 is 11.1. The first-order valence-corrected chi connectivity index (χ1v) is 5.74. The van der Waals surface area contributed by atoms with Crippen LogP contribution in [0.2, 0.25) is 0 Å². The Bertz CT molecular complexity index is 500. The molecule has 0 saturated heterocycles. The van der Waals surface area contributed by atoms with Gasteiger partial charge in [0.15, 0.2) is 11.5 Å². The van der Waals surface area contributed by atoms with Gasteiger partial charge in [-0.3, -0.25) is 4.98 Å². The van der Waals surface area contributed by atoms with Crippen molar-refractivity contribution in [3.63, 3.8) is 0 Å². The van der Waals surface area contributed by atoms with Gasteiger partial charge in [-0.05, 0) is 19.1 Å². The Morgan fingerprint density at radius 2 is 1.89 bits per heavy atom. The molecule has 0 unspecified atom stereocenters. The quantitative estimate of drug-likeness (QED) is 0.873. The summed E-state index contributed by atoms with van der Waals surface area (Å²) in [5, 5.41) is 0. The van der Waals surface area contributed by atoms with Crippen molar-refractivity contribution in [3.8, 4) is 17.4 Å². The zero-order valence-corrected chi connectivity index (χ0v) is 10.2. The van der Waals surface area contributed by atoms with Gasteiger partial charge >= 0.3 is 0 Å². The fourth-order valence-electron chi connectivity index (χ4n) is 1.42. The lowest BCUT2D eigenvalue weighted by molar-refractivity contribution is 0.319. The molecule has 1 aromatic heterocycles. The minimum atomic E-state index is 0.364. The molecule has 1 aromatic carbocycles. The molecule has 0 aliphatic carbocycles. The van der Waals surface area contributed by atoms with Gasteiger partial charge in [-0.15, -0.1) is 0 Å². The monoisotopic (exact) mass is 245 g/mol. The van der Waals surface area contributed by atoms with Crippen LogP contribution < -0.4 is 15.2 Å². The number of ether oxygens (including phenoxy) is 2. The van der Waals surface area contributed by atoms with Crippen molar-refractivity contribution in [3.05, 3.63) is 42.4 Å². The zero-order valence-electron chi connectivity index (χ0n) is 10.2. The Morgan fingerprint density at radius 1 is 1.11 bits per heavy atom. The van der Waals surface area contributed by atoms with Crippen molar-refractivity contribution in [2.24, 2.45) is 5.73 Å². The highest BCUT2D eigenvalue weighted by Crippen LogP contribution is 2.29. The first kappa shape index (κ1) is 12.3. The first-order valence-electron chi connectivity index (χ1n) is 5.74. The van der Waals surface area contributed by atoms with Crippen LogP contribution in [0.3, 0.4) is 0 Å². The molecule has 2 N–H and O–H groups in total. The van der Waals surface area contributed by atoms with Crippen LogP contribution in [-0.4, -0.2) is 16.6 Å². The Balaban J connectivity index is 2.17. The largest absolute Gasteiger partial charge is 0.490 e. The van der Waals surface area contributed by atoms with Gasteiger partial charge < -0.3 is 15.2 Å². The van der Waals surface area contributed by atoms with E-state index < -0.39 is 0 Å². The Kier molecular flexibility index (Phi) is 4.09. The zero-order chi connectivity index (χ0) is 12.8. The second kappa shape index (κ2) is 5.97. The summed E-state index contributed by atoms with van der Waals surface area (Å²) in [6.07, 6.45) is 3.14. The number of para-hydroxylation sites is 2. The van der Waals surface area contributed by atoms with Crippen LogP contribution in [-0.2, 0) is 6.54 Å². The van der Waals surface area contributed by atoms with Crippen LogP contribution in [0.25, 0.3) is 0 Å². The molecule has 94 valence electrons. The maximum atomic E-state index is 5.62. The summed E-state index contributed by atoms with van der Waals surface area (Å²) >= 11 is 0. The molecule has 0 radical (unpaired) electrons. The molecule has 2 rings (SSSR count). The second-order valence-electron chi connectivity index (χ2n) is 3.53. The second-order valence-corrected chi connectivity index (χ2v) is 3.53. The summed E-state index contributed by atoms with van der Waals surface area (Å²) in [7, 11) is 0. The molecule has 5 nitrogen and oxygen atoms in total. The van der Waals surface area contributed by atoms with E-state index in [0.717, 1.165) is 5.69 Å². The highest BCUT2D eigenvalue weighted by molar-refractivity contribution is 5.41. The van der Waals surface area contributed by atoms with E-state index in [1.54, 1.807) is 12.4 Å². The SMILES string of the molecule is CCOc1ccccc1Oc1cnc(CN)cn1. The molecule has 18 heavy (non-hydrogen) atoms. The number of nitrogens with two attached hydrogens (primary N) is 1. The molecule has 0 bridgehead atoms. The number of hydrogen-bond donors (Lipinski definition) is 1. The maximum Gasteiger partial charge on any atom is 0.238 e. The topological polar surface area (TPSA) is 70.3 Å². The molecule has 0 amide bonds. The highest BCUT2D eigenvalue weighted by Gasteiger charge is 2.06. The summed E-state index contributed by atoms with van der Waals surface area (Å²) in [6.45, 7) is 2.87. The van der Waals surface area contributed by atoms with E-state index >= 15 is 0 Å². The van der Waals surface area contributed by atoms with Crippen LogP contribution in [0.15, 0.2) is 36.7 Å². The molecule has 0 fully saturated rings. The van der Waals surface area contributed by atoms with Crippen molar-refractivity contribution in [1.29, 1.82) is 0 Å². The van der Waals surface area contributed by atoms with E-state index in [9.17, 15) is 0 Å². The van der Waals surface area contributed by atoms with Gasteiger partial charge in [0.05, 0.1) is 24.7 Å². The Hall–Kier alpha value is -2.14. The average molecular weight is 245 g/mol. The fraction of sp³-hybridized carbons (Fsp3) is 0.231. The molecule has 0 aliphatic rings. The van der Waals surface area contributed by atoms with E-state index in [4.69, 9.17) is 15.2 Å². The third-order valence-corrected chi connectivity index (χ3v) is 2.25. The third-order valence-electron chi connectivity index (χ3n) is 2.25. The minimum absolute atomic E-state index is 0.364. The standard InChI is InChI=1S/C13H15N3O2/c1-2-17-11-5-3-4-6-12(11)18-13-9-15-10(7-14)8-16-13/h3-6,8-9H,2,7,14H2,1H3. The van der Waals surface area contributed by atoms with Gasteiger partial charge in [0, 0.05) is 6.54 Å². The van der Waals surface area contributed by atoms with Gasteiger partial charge in [0.1, 0.15) is 0 Å². The number of hydrogen-bond acceptors (Lipinski definition) is 5. The molecule has 0 spiro atoms. The van der Waals surface area contributed by atoms with E-state index in [1.165, 1.54) is 0 Å². The number of aromatic nitrogens is 2. The summed E-state index contributed by atoms with van der Waals surface area (Å²) in [5.41, 5.74) is 6.18. The lowest BCUT2D eigenvalue weighted by Crippen LogP contribution is -2.01. The Labute approximate surface area is 106 Å². The van der Waals surface area contributed by atoms with Crippen LogP contribution in [0.5, 0.6) is 17.4 Å². The predicted molar refractivity (Wildman–Crippen MR) is 67.6 cm³/mol. The average Bonchev–Trinajstić information content (AvgIpc) is 2.42. The molecule has 1 heterocycles. The third kappa shape index (κ3) is 2.95. The van der Waals surface area contributed by atoms with Crippen LogP contribution in [0.4, 0.5) is 0 Å². The van der Waals surface area contributed by atoms with Crippen LogP contribution >= 0.6 is 0 Å². The minimum Gasteiger partial charge on any atom is -0.490 e. The van der Waals surface area contributed by atoms with E-state index in [-0.39, 0.29) is 0 Å². The lowest BCUT2D eigenvalue weighted by Gasteiger charge is -2.10. The summed E-state index contributed by atoms with van der Waals surface area (Å²) in [5.74, 6) is 1.72. The van der Waals surface area contributed by atoms with Gasteiger partial charge in [0.25, 0.3) is 0 Å². The van der Waals surface area contributed by atoms with E-state index in [2.05, 4.69) is 9.97 Å². The van der Waals surface area contributed by atoms with E-state index in [1.807, 2.05) is 31.2 Å². The van der Waals surface area contributed by atoms with Crippen molar-refractivity contribution >= 4 is 0 Å². The molecular formula is C13H15N3O2. The molecule has 0 saturated carbocycles. The number of rotatable bonds is 5. The normalized spacial score (nSPS) is 10.1. The number of benzene rings is 1. The first-order chi connectivity index (χ1) is 8.83. The van der Waals surface area contributed by atoms with Crippen molar-refractivity contribution < 1.29 is 9.47 Å². The molecule has 2 aromatic rings. The fourth-order valence-corrected chi connectivity index (χ4v) is 1.42. The Morgan fingerprint density at radius 3 is 2.50 bits per heavy atom. The molecule has 0 atom stereocenters. The molecule has 0 aliphatic heterocycles. The maximum absolute atomic E-state index is 5.62. The van der Waals surface area contributed by atoms with E-state index in [0.29, 0.717) is 30.5 Å². The molecule has 5 heteroatoms. The number of nitrogens with zero attached hydrogens (tertiary/aromatic N) is 2. The van der Waals surface area contributed by atoms with Crippen LogP contribution in [0.1, 0.15) is 12.6 Å². The van der Waals surface area contributed by atoms with Crippen LogP contribution in [0, 0.1) is 0 Å². The highest BCUT2D eigenvalue weighted by atomic mass is 16.5. The predicted octanol–water partition coefficient (Wildman–Crippen LogP) is 2.13. The van der Waals surface area contributed by atoms with Crippen molar-refractivity contribution in [1.82, 2.24) is 9.97 Å². The lowest BCUT2D eigenvalue weighted by atomic mass is 10.3.